The number of hydrogen-bond acceptors (Lipinski definition) is 2. The van der Waals surface area contributed by atoms with Crippen LogP contribution < -0.4 is 0 Å². The van der Waals surface area contributed by atoms with Gasteiger partial charge in [-0.2, -0.15) is 0 Å². The van der Waals surface area contributed by atoms with Crippen molar-refractivity contribution in [2.24, 2.45) is 11.8 Å². The molecule has 0 fully saturated rings. The molecule has 0 saturated heterocycles. The molecule has 1 aliphatic carbocycles. The average Bonchev–Trinajstić information content (AvgIpc) is 2.25. The van der Waals surface area contributed by atoms with E-state index in [2.05, 4.69) is 0 Å². The summed E-state index contributed by atoms with van der Waals surface area (Å²) < 4.78 is 0. The van der Waals surface area contributed by atoms with Crippen molar-refractivity contribution in [3.63, 3.8) is 0 Å². The van der Waals surface area contributed by atoms with Crippen molar-refractivity contribution in [2.45, 2.75) is 53.1 Å². The van der Waals surface area contributed by atoms with E-state index in [0.29, 0.717) is 6.42 Å². The number of ketones is 1. The van der Waals surface area contributed by atoms with E-state index in [9.17, 15) is 9.90 Å². The molecule has 17 heavy (non-hydrogen) atoms. The summed E-state index contributed by atoms with van der Waals surface area (Å²) >= 11 is 0. The molecular weight excluding hydrogens is 212 g/mol. The molecule has 0 aromatic rings. The van der Waals surface area contributed by atoms with Crippen LogP contribution >= 0.6 is 0 Å². The molecule has 1 aliphatic rings. The molecule has 0 aromatic carbocycles. The third-order valence-electron chi connectivity index (χ3n) is 3.61. The zero-order valence-electron chi connectivity index (χ0n) is 11.4. The topological polar surface area (TPSA) is 37.3 Å². The lowest BCUT2D eigenvalue weighted by molar-refractivity contribution is -0.121. The molecule has 0 heterocycles. The highest BCUT2D eigenvalue weighted by Gasteiger charge is 2.30. The van der Waals surface area contributed by atoms with Gasteiger partial charge in [0.05, 0.1) is 6.10 Å². The van der Waals surface area contributed by atoms with Crippen LogP contribution in [0.4, 0.5) is 0 Å². The van der Waals surface area contributed by atoms with Crippen LogP contribution in [0.1, 0.15) is 47.0 Å². The van der Waals surface area contributed by atoms with E-state index in [1.54, 1.807) is 6.08 Å². The van der Waals surface area contributed by atoms with Gasteiger partial charge in [-0.05, 0) is 52.0 Å². The van der Waals surface area contributed by atoms with E-state index < -0.39 is 6.10 Å². The van der Waals surface area contributed by atoms with Crippen LogP contribution in [-0.4, -0.2) is 17.0 Å². The maximum Gasteiger partial charge on any atom is 0.159 e. The third kappa shape index (κ3) is 4.12. The first-order valence-electron chi connectivity index (χ1n) is 6.44. The highest BCUT2D eigenvalue weighted by atomic mass is 16.3. The van der Waals surface area contributed by atoms with Crippen molar-refractivity contribution < 1.29 is 9.90 Å². The van der Waals surface area contributed by atoms with E-state index in [-0.39, 0.29) is 17.6 Å². The van der Waals surface area contributed by atoms with Crippen molar-refractivity contribution in [3.05, 3.63) is 23.3 Å². The van der Waals surface area contributed by atoms with Gasteiger partial charge in [-0.3, -0.25) is 4.79 Å². The van der Waals surface area contributed by atoms with Gasteiger partial charge in [-0.15, -0.1) is 0 Å². The second kappa shape index (κ2) is 6.15. The summed E-state index contributed by atoms with van der Waals surface area (Å²) in [5.74, 6) is 0.235. The first-order valence-corrected chi connectivity index (χ1v) is 6.44. The minimum absolute atomic E-state index is 0.000683. The smallest absolute Gasteiger partial charge is 0.159 e. The van der Waals surface area contributed by atoms with Crippen molar-refractivity contribution >= 4 is 5.78 Å². The van der Waals surface area contributed by atoms with Crippen molar-refractivity contribution in [1.82, 2.24) is 0 Å². The molecule has 0 radical (unpaired) electrons. The zero-order valence-corrected chi connectivity index (χ0v) is 11.4. The zero-order chi connectivity index (χ0) is 13.0. The van der Waals surface area contributed by atoms with Gasteiger partial charge in [0.1, 0.15) is 0 Å². The number of aliphatic hydroxyl groups is 1. The molecule has 3 atom stereocenters. The minimum atomic E-state index is -0.411. The SMILES string of the molecule is CC(C)=CC[C@@H](O)[C@@H](C)[C@H]1CCC(C)=CC1=O. The normalized spacial score (nSPS) is 23.9. The first kappa shape index (κ1) is 14.2. The third-order valence-corrected chi connectivity index (χ3v) is 3.61. The highest BCUT2D eigenvalue weighted by molar-refractivity contribution is 5.93. The molecule has 2 nitrogen and oxygen atoms in total. The Bertz CT molecular complexity index is 335. The Kier molecular flexibility index (Phi) is 5.13. The summed E-state index contributed by atoms with van der Waals surface area (Å²) in [7, 11) is 0. The lowest BCUT2D eigenvalue weighted by Gasteiger charge is -2.28. The van der Waals surface area contributed by atoms with E-state index in [1.165, 1.54) is 5.57 Å². The number of hydrogen-bond donors (Lipinski definition) is 1. The molecular formula is C15H24O2. The Morgan fingerprint density at radius 1 is 1.59 bits per heavy atom. The van der Waals surface area contributed by atoms with Crippen LogP contribution in [0, 0.1) is 11.8 Å². The van der Waals surface area contributed by atoms with E-state index in [1.807, 2.05) is 33.8 Å². The second-order valence-electron chi connectivity index (χ2n) is 5.48. The average molecular weight is 236 g/mol. The fourth-order valence-electron chi connectivity index (χ4n) is 2.31. The summed E-state index contributed by atoms with van der Waals surface area (Å²) in [6, 6.07) is 0. The van der Waals surface area contributed by atoms with Gasteiger partial charge in [-0.25, -0.2) is 0 Å². The minimum Gasteiger partial charge on any atom is -0.393 e. The summed E-state index contributed by atoms with van der Waals surface area (Å²) in [6.07, 6.45) is 5.89. The number of aliphatic hydroxyl groups excluding tert-OH is 1. The fraction of sp³-hybridized carbons (Fsp3) is 0.667. The van der Waals surface area contributed by atoms with Gasteiger partial charge in [0.15, 0.2) is 5.78 Å². The Morgan fingerprint density at radius 3 is 2.76 bits per heavy atom. The molecule has 0 aliphatic heterocycles. The van der Waals surface area contributed by atoms with Crippen LogP contribution in [-0.2, 0) is 4.79 Å². The fourth-order valence-corrected chi connectivity index (χ4v) is 2.31. The Morgan fingerprint density at radius 2 is 2.24 bits per heavy atom. The largest absolute Gasteiger partial charge is 0.393 e. The molecule has 0 amide bonds. The summed E-state index contributed by atoms with van der Waals surface area (Å²) in [6.45, 7) is 8.03. The Balaban J connectivity index is 2.61. The number of carbonyl (C=O) groups excluding carboxylic acids is 1. The molecule has 0 bridgehead atoms. The van der Waals surface area contributed by atoms with E-state index in [4.69, 9.17) is 0 Å². The second-order valence-corrected chi connectivity index (χ2v) is 5.48. The van der Waals surface area contributed by atoms with Gasteiger partial charge in [0.2, 0.25) is 0 Å². The number of rotatable bonds is 4. The Labute approximate surface area is 104 Å². The quantitative estimate of drug-likeness (QED) is 0.761. The molecule has 0 spiro atoms. The van der Waals surface area contributed by atoms with Gasteiger partial charge >= 0.3 is 0 Å². The predicted molar refractivity (Wildman–Crippen MR) is 70.7 cm³/mol. The molecule has 96 valence electrons. The van der Waals surface area contributed by atoms with Gasteiger partial charge in [-0.1, -0.05) is 24.1 Å². The lowest BCUT2D eigenvalue weighted by atomic mass is 9.78. The maximum absolute atomic E-state index is 11.9. The molecule has 0 aromatic heterocycles. The Hall–Kier alpha value is -0.890. The van der Waals surface area contributed by atoms with Crippen LogP contribution in [0.5, 0.6) is 0 Å². The van der Waals surface area contributed by atoms with Crippen molar-refractivity contribution in [2.75, 3.05) is 0 Å². The van der Waals surface area contributed by atoms with Gasteiger partial charge < -0.3 is 5.11 Å². The maximum atomic E-state index is 11.9. The van der Waals surface area contributed by atoms with Crippen LogP contribution in [0.15, 0.2) is 23.3 Å². The van der Waals surface area contributed by atoms with Crippen LogP contribution in [0.3, 0.4) is 0 Å². The standard InChI is InChI=1S/C15H24O2/c1-10(2)5-8-14(16)12(4)13-7-6-11(3)9-15(13)17/h5,9,12-14,16H,6-8H2,1-4H3/t12-,13+,14+/m0/s1. The van der Waals surface area contributed by atoms with Gasteiger partial charge in [0, 0.05) is 5.92 Å². The highest BCUT2D eigenvalue weighted by Crippen LogP contribution is 2.29. The summed E-state index contributed by atoms with van der Waals surface area (Å²) in [5.41, 5.74) is 2.37. The number of carbonyl (C=O) groups is 1. The number of allylic oxidation sites excluding steroid dienone is 3. The molecule has 0 saturated carbocycles. The van der Waals surface area contributed by atoms with E-state index in [0.717, 1.165) is 18.4 Å². The first-order chi connectivity index (χ1) is 7.91. The van der Waals surface area contributed by atoms with Crippen LogP contribution in [0.25, 0.3) is 0 Å². The van der Waals surface area contributed by atoms with E-state index >= 15 is 0 Å². The molecule has 1 N–H and O–H groups in total. The summed E-state index contributed by atoms with van der Waals surface area (Å²) in [4.78, 5) is 11.9. The monoisotopic (exact) mass is 236 g/mol. The molecule has 1 rings (SSSR count). The summed E-state index contributed by atoms with van der Waals surface area (Å²) in [5, 5.41) is 10.1. The molecule has 2 heteroatoms. The van der Waals surface area contributed by atoms with Crippen molar-refractivity contribution in [1.29, 1.82) is 0 Å². The van der Waals surface area contributed by atoms with Crippen LogP contribution in [0.2, 0.25) is 0 Å². The lowest BCUT2D eigenvalue weighted by Crippen LogP contribution is -2.31. The van der Waals surface area contributed by atoms with Crippen molar-refractivity contribution in [3.8, 4) is 0 Å². The van der Waals surface area contributed by atoms with Gasteiger partial charge in [0.25, 0.3) is 0 Å². The molecule has 0 unspecified atom stereocenters. The predicted octanol–water partition coefficient (Wildman–Crippen LogP) is 3.27.